The number of hydrogen-bond acceptors (Lipinski definition) is 4. The fourth-order valence-corrected chi connectivity index (χ4v) is 4.48. The van der Waals surface area contributed by atoms with Crippen molar-refractivity contribution in [3.05, 3.63) is 0 Å². The van der Waals surface area contributed by atoms with E-state index < -0.39 is 0 Å². The molecule has 3 fully saturated rings. The molecule has 6 atom stereocenters. The Bertz CT molecular complexity index is 342. The number of carbonyl (C=O) groups is 2. The zero-order valence-electron chi connectivity index (χ0n) is 8.18. The van der Waals surface area contributed by atoms with Gasteiger partial charge in [-0.15, -0.1) is 0 Å². The average Bonchev–Trinajstić information content (AvgIpc) is 2.80. The van der Waals surface area contributed by atoms with Crippen LogP contribution in [0.2, 0.25) is 0 Å². The van der Waals surface area contributed by atoms with E-state index in [4.69, 9.17) is 9.47 Å². The van der Waals surface area contributed by atoms with Crippen molar-refractivity contribution in [2.24, 2.45) is 23.7 Å². The first-order valence-corrected chi connectivity index (χ1v) is 5.99. The van der Waals surface area contributed by atoms with E-state index in [1.54, 1.807) is 0 Å². The predicted octanol–water partition coefficient (Wildman–Crippen LogP) is 0.730. The maximum absolute atomic E-state index is 11.6. The molecule has 3 aliphatic rings. The highest BCUT2D eigenvalue weighted by atomic mass is 79.9. The molecule has 0 unspecified atom stereocenters. The summed E-state index contributed by atoms with van der Waals surface area (Å²) in [6, 6.07) is 0. The third-order valence-corrected chi connectivity index (χ3v) is 5.20. The second-order valence-electron chi connectivity index (χ2n) is 4.48. The Kier molecular flexibility index (Phi) is 1.90. The number of alkyl halides is 1. The minimum Gasteiger partial charge on any atom is -0.469 e. The molecule has 15 heavy (non-hydrogen) atoms. The zero-order valence-corrected chi connectivity index (χ0v) is 9.77. The molecule has 0 aromatic heterocycles. The smallest absolute Gasteiger partial charge is 0.310 e. The third-order valence-electron chi connectivity index (χ3n) is 4.00. The van der Waals surface area contributed by atoms with Gasteiger partial charge in [-0.05, 0) is 12.3 Å². The number of methoxy groups -OCH3 is 1. The second kappa shape index (κ2) is 2.97. The van der Waals surface area contributed by atoms with E-state index in [1.807, 2.05) is 0 Å². The molecule has 1 saturated heterocycles. The summed E-state index contributed by atoms with van der Waals surface area (Å²) in [7, 11) is 1.37. The van der Waals surface area contributed by atoms with Crippen molar-refractivity contribution in [2.75, 3.05) is 7.11 Å². The molecule has 2 aliphatic carbocycles. The molecule has 0 aromatic carbocycles. The van der Waals surface area contributed by atoms with Crippen molar-refractivity contribution in [3.63, 3.8) is 0 Å². The summed E-state index contributed by atoms with van der Waals surface area (Å²) >= 11 is 3.53. The number of hydrogen-bond donors (Lipinski definition) is 0. The summed E-state index contributed by atoms with van der Waals surface area (Å²) in [6.45, 7) is 0. The average molecular weight is 275 g/mol. The minimum atomic E-state index is -0.296. The van der Waals surface area contributed by atoms with E-state index in [0.29, 0.717) is 0 Å². The van der Waals surface area contributed by atoms with Crippen LogP contribution in [-0.4, -0.2) is 30.0 Å². The van der Waals surface area contributed by atoms with E-state index >= 15 is 0 Å². The summed E-state index contributed by atoms with van der Waals surface area (Å²) < 4.78 is 10.0. The highest BCUT2D eigenvalue weighted by Gasteiger charge is 2.68. The van der Waals surface area contributed by atoms with Crippen molar-refractivity contribution in [3.8, 4) is 0 Å². The predicted molar refractivity (Wildman–Crippen MR) is 53.2 cm³/mol. The molecule has 2 bridgehead atoms. The van der Waals surface area contributed by atoms with Gasteiger partial charge in [-0.2, -0.15) is 0 Å². The Morgan fingerprint density at radius 2 is 2.27 bits per heavy atom. The van der Waals surface area contributed by atoms with Gasteiger partial charge in [0.25, 0.3) is 0 Å². The summed E-state index contributed by atoms with van der Waals surface area (Å²) in [5.41, 5.74) is 0. The van der Waals surface area contributed by atoms with E-state index in [1.165, 1.54) is 7.11 Å². The van der Waals surface area contributed by atoms with Crippen molar-refractivity contribution in [2.45, 2.75) is 17.4 Å². The molecular weight excluding hydrogens is 264 g/mol. The Hall–Kier alpha value is -0.580. The van der Waals surface area contributed by atoms with Crippen LogP contribution in [0.3, 0.4) is 0 Å². The molecule has 0 radical (unpaired) electrons. The van der Waals surface area contributed by atoms with Crippen LogP contribution in [0.1, 0.15) is 6.42 Å². The Morgan fingerprint density at radius 3 is 2.93 bits per heavy atom. The van der Waals surface area contributed by atoms with Gasteiger partial charge in [-0.25, -0.2) is 0 Å². The molecule has 82 valence electrons. The zero-order chi connectivity index (χ0) is 10.7. The molecular formula is C10H11BrO4. The Labute approximate surface area is 95.4 Å². The minimum absolute atomic E-state index is 0.0200. The maximum Gasteiger partial charge on any atom is 0.310 e. The molecule has 1 aliphatic heterocycles. The highest BCUT2D eigenvalue weighted by molar-refractivity contribution is 9.09. The van der Waals surface area contributed by atoms with Gasteiger partial charge in [0.1, 0.15) is 6.10 Å². The van der Waals surface area contributed by atoms with Gasteiger partial charge in [0, 0.05) is 5.92 Å². The van der Waals surface area contributed by atoms with Gasteiger partial charge < -0.3 is 9.47 Å². The normalized spacial score (nSPS) is 50.7. The molecule has 1 heterocycles. The van der Waals surface area contributed by atoms with Crippen molar-refractivity contribution >= 4 is 27.9 Å². The molecule has 2 saturated carbocycles. The van der Waals surface area contributed by atoms with Gasteiger partial charge in [-0.1, -0.05) is 15.9 Å². The first-order valence-electron chi connectivity index (χ1n) is 5.07. The van der Waals surface area contributed by atoms with Crippen LogP contribution in [0.25, 0.3) is 0 Å². The third kappa shape index (κ3) is 1.02. The molecule has 0 amide bonds. The van der Waals surface area contributed by atoms with Gasteiger partial charge in [0.05, 0.1) is 23.8 Å². The monoisotopic (exact) mass is 274 g/mol. The fraction of sp³-hybridized carbons (Fsp3) is 0.800. The lowest BCUT2D eigenvalue weighted by Crippen LogP contribution is -2.38. The van der Waals surface area contributed by atoms with Crippen molar-refractivity contribution in [1.82, 2.24) is 0 Å². The fourth-order valence-electron chi connectivity index (χ4n) is 3.43. The van der Waals surface area contributed by atoms with Crippen LogP contribution in [-0.2, 0) is 19.1 Å². The molecule has 0 aromatic rings. The van der Waals surface area contributed by atoms with Crippen LogP contribution in [0.5, 0.6) is 0 Å². The van der Waals surface area contributed by atoms with Crippen molar-refractivity contribution in [1.29, 1.82) is 0 Å². The molecule has 5 heteroatoms. The summed E-state index contributed by atoms with van der Waals surface area (Å²) in [5.74, 6) is -0.615. The molecule has 0 N–H and O–H groups in total. The van der Waals surface area contributed by atoms with Crippen LogP contribution in [0.15, 0.2) is 0 Å². The van der Waals surface area contributed by atoms with Crippen LogP contribution in [0, 0.1) is 23.7 Å². The number of fused-ring (bicyclic) bond motifs is 1. The quantitative estimate of drug-likeness (QED) is 0.523. The number of carbonyl (C=O) groups excluding carboxylic acids is 2. The maximum atomic E-state index is 11.6. The largest absolute Gasteiger partial charge is 0.469 e. The summed E-state index contributed by atoms with van der Waals surface area (Å²) in [5, 5.41) is 0. The Morgan fingerprint density at radius 1 is 1.53 bits per heavy atom. The van der Waals surface area contributed by atoms with Crippen molar-refractivity contribution < 1.29 is 19.1 Å². The molecule has 4 nitrogen and oxygen atoms in total. The SMILES string of the molecule is COC(=O)[C@H]1[C@@H]2C[C@H]3[C@H](OC(=O)[C@@H]31)[C@@H]2Br. The van der Waals surface area contributed by atoms with E-state index in [9.17, 15) is 9.59 Å². The lowest BCUT2D eigenvalue weighted by molar-refractivity contribution is -0.153. The Balaban J connectivity index is 1.98. The first kappa shape index (κ1) is 9.63. The summed E-state index contributed by atoms with van der Waals surface area (Å²) in [6.07, 6.45) is 0.880. The van der Waals surface area contributed by atoms with Gasteiger partial charge >= 0.3 is 11.9 Å². The highest BCUT2D eigenvalue weighted by Crippen LogP contribution is 2.60. The van der Waals surface area contributed by atoms with Gasteiger partial charge in [0.15, 0.2) is 0 Å². The lowest BCUT2D eigenvalue weighted by atomic mass is 9.80. The number of halogens is 1. The standard InChI is InChI=1S/C10H11BrO4/c1-14-9(12)5-3-2-4-6(5)10(13)15-8(4)7(3)11/h3-8H,2H2,1H3/t3-,4+,5-,6-,7+,8-/m0/s1. The summed E-state index contributed by atoms with van der Waals surface area (Å²) in [4.78, 5) is 23.4. The molecule has 0 spiro atoms. The van der Waals surface area contributed by atoms with Gasteiger partial charge in [0.2, 0.25) is 0 Å². The van der Waals surface area contributed by atoms with E-state index in [-0.39, 0.29) is 46.5 Å². The van der Waals surface area contributed by atoms with E-state index in [2.05, 4.69) is 15.9 Å². The van der Waals surface area contributed by atoms with Gasteiger partial charge in [-0.3, -0.25) is 9.59 Å². The number of ether oxygens (including phenoxy) is 2. The van der Waals surface area contributed by atoms with Crippen LogP contribution < -0.4 is 0 Å². The van der Waals surface area contributed by atoms with E-state index in [0.717, 1.165) is 6.42 Å². The first-order chi connectivity index (χ1) is 7.15. The number of esters is 2. The topological polar surface area (TPSA) is 52.6 Å². The van der Waals surface area contributed by atoms with Crippen LogP contribution in [0.4, 0.5) is 0 Å². The lowest BCUT2D eigenvalue weighted by Gasteiger charge is -2.26. The van der Waals surface area contributed by atoms with Crippen LogP contribution >= 0.6 is 15.9 Å². The number of rotatable bonds is 1. The second-order valence-corrected chi connectivity index (χ2v) is 5.54. The molecule has 3 rings (SSSR count).